The van der Waals surface area contributed by atoms with Gasteiger partial charge in [-0.15, -0.1) is 0 Å². The number of carbonyl (C=O) groups is 5. The van der Waals surface area contributed by atoms with Crippen LogP contribution in [0.5, 0.6) is 5.75 Å². The van der Waals surface area contributed by atoms with Crippen LogP contribution in [-0.2, 0) is 30.4 Å². The zero-order valence-corrected chi connectivity index (χ0v) is 23.6. The van der Waals surface area contributed by atoms with E-state index in [0.717, 1.165) is 0 Å². The highest BCUT2D eigenvalue weighted by molar-refractivity contribution is 7.98. The molecule has 0 saturated heterocycles. The molecule has 3 amide bonds. The van der Waals surface area contributed by atoms with Gasteiger partial charge in [-0.3, -0.25) is 24.2 Å². The van der Waals surface area contributed by atoms with E-state index in [4.69, 9.17) is 22.3 Å². The fraction of sp³-hybridized carbons (Fsp3) is 0.520. The molecule has 0 aliphatic carbocycles. The highest BCUT2D eigenvalue weighted by atomic mass is 32.2. The van der Waals surface area contributed by atoms with Crippen LogP contribution in [0.1, 0.15) is 37.7 Å². The molecule has 0 aromatic heterocycles. The average Bonchev–Trinajstić information content (AvgIpc) is 2.91. The van der Waals surface area contributed by atoms with E-state index in [0.29, 0.717) is 11.3 Å². The van der Waals surface area contributed by atoms with Gasteiger partial charge in [0.05, 0.1) is 6.04 Å². The van der Waals surface area contributed by atoms with Crippen molar-refractivity contribution in [2.75, 3.05) is 18.6 Å². The number of amides is 3. The summed E-state index contributed by atoms with van der Waals surface area (Å²) in [5.41, 5.74) is 17.0. The van der Waals surface area contributed by atoms with Crippen molar-refractivity contribution >= 4 is 47.4 Å². The van der Waals surface area contributed by atoms with Crippen molar-refractivity contribution in [2.24, 2.45) is 22.2 Å². The van der Waals surface area contributed by atoms with E-state index in [1.54, 1.807) is 18.4 Å². The molecule has 12 N–H and O–H groups in total. The van der Waals surface area contributed by atoms with Crippen molar-refractivity contribution in [3.05, 3.63) is 29.8 Å². The van der Waals surface area contributed by atoms with E-state index in [1.165, 1.54) is 23.9 Å². The third kappa shape index (κ3) is 14.2. The Morgan fingerprint density at radius 1 is 0.878 bits per heavy atom. The molecule has 1 rings (SSSR count). The highest BCUT2D eigenvalue weighted by Crippen LogP contribution is 2.13. The highest BCUT2D eigenvalue weighted by Gasteiger charge is 2.30. The van der Waals surface area contributed by atoms with E-state index in [-0.39, 0.29) is 56.8 Å². The minimum atomic E-state index is -1.25. The van der Waals surface area contributed by atoms with Gasteiger partial charge in [0.1, 0.15) is 23.9 Å². The standard InChI is InChI=1S/C25H39N7O8S/c1-41-12-10-18(24(39)40)31-23(38)19(13-14-4-6-15(33)7-5-14)32-22(37)17(3-2-11-29-25(27)28)30-21(36)16(26)8-9-20(34)35/h4-7,16-19,33H,2-3,8-13,26H2,1H3,(H,30,36)(H,31,38)(H,32,37)(H,34,35)(H,39,40)(H4,27,28,29). The second-order valence-corrected chi connectivity index (χ2v) is 10.1. The van der Waals surface area contributed by atoms with Crippen LogP contribution in [0, 0.1) is 0 Å². The van der Waals surface area contributed by atoms with Crippen molar-refractivity contribution in [1.29, 1.82) is 0 Å². The fourth-order valence-corrected chi connectivity index (χ4v) is 4.05. The molecule has 4 atom stereocenters. The van der Waals surface area contributed by atoms with Gasteiger partial charge in [0.25, 0.3) is 0 Å². The molecule has 16 heteroatoms. The number of phenols is 1. The average molecular weight is 598 g/mol. The zero-order chi connectivity index (χ0) is 30.9. The van der Waals surface area contributed by atoms with Crippen molar-refractivity contribution in [3.63, 3.8) is 0 Å². The second kappa shape index (κ2) is 18.3. The third-order valence-corrected chi connectivity index (χ3v) is 6.46. The van der Waals surface area contributed by atoms with Crippen molar-refractivity contribution in [3.8, 4) is 5.75 Å². The monoisotopic (exact) mass is 597 g/mol. The van der Waals surface area contributed by atoms with Gasteiger partial charge in [0.2, 0.25) is 17.7 Å². The number of nitrogens with one attached hydrogen (secondary N) is 3. The molecule has 0 aliphatic heterocycles. The minimum Gasteiger partial charge on any atom is -0.508 e. The minimum absolute atomic E-state index is 0.00965. The topological polar surface area (TPSA) is 273 Å². The molecule has 41 heavy (non-hydrogen) atoms. The number of hydrogen-bond acceptors (Lipinski definition) is 9. The van der Waals surface area contributed by atoms with Crippen molar-refractivity contribution in [2.45, 2.75) is 62.7 Å². The van der Waals surface area contributed by atoms with Crippen molar-refractivity contribution in [1.82, 2.24) is 16.0 Å². The maximum Gasteiger partial charge on any atom is 0.326 e. The van der Waals surface area contributed by atoms with Gasteiger partial charge in [-0.2, -0.15) is 11.8 Å². The predicted molar refractivity (Wildman–Crippen MR) is 153 cm³/mol. The fourth-order valence-electron chi connectivity index (χ4n) is 3.58. The lowest BCUT2D eigenvalue weighted by Crippen LogP contribution is -2.57. The lowest BCUT2D eigenvalue weighted by atomic mass is 10.0. The first kappa shape index (κ1) is 35.0. The largest absolute Gasteiger partial charge is 0.508 e. The van der Waals surface area contributed by atoms with Crippen molar-refractivity contribution < 1.29 is 39.3 Å². The number of guanidine groups is 1. The smallest absolute Gasteiger partial charge is 0.326 e. The molecule has 0 heterocycles. The van der Waals surface area contributed by atoms with Gasteiger partial charge in [0.15, 0.2) is 5.96 Å². The molecule has 228 valence electrons. The number of rotatable bonds is 19. The molecule has 0 radical (unpaired) electrons. The summed E-state index contributed by atoms with van der Waals surface area (Å²) in [5.74, 6) is -4.36. The van der Waals surface area contributed by atoms with Crippen LogP contribution in [-0.4, -0.2) is 93.7 Å². The van der Waals surface area contributed by atoms with Gasteiger partial charge < -0.3 is 48.5 Å². The Labute approximate surface area is 241 Å². The van der Waals surface area contributed by atoms with E-state index in [9.17, 15) is 34.2 Å². The van der Waals surface area contributed by atoms with Gasteiger partial charge in [0, 0.05) is 19.4 Å². The number of carbonyl (C=O) groups excluding carboxylic acids is 3. The Hall–Kier alpha value is -4.05. The van der Waals surface area contributed by atoms with E-state index in [2.05, 4.69) is 20.9 Å². The number of carboxylic acids is 2. The molecule has 15 nitrogen and oxygen atoms in total. The molecular weight excluding hydrogens is 558 g/mol. The Bertz CT molecular complexity index is 1070. The van der Waals surface area contributed by atoms with Crippen LogP contribution in [0.4, 0.5) is 0 Å². The lowest BCUT2D eigenvalue weighted by Gasteiger charge is -2.25. The third-order valence-electron chi connectivity index (χ3n) is 5.82. The number of aromatic hydroxyl groups is 1. The molecule has 0 aliphatic rings. The van der Waals surface area contributed by atoms with E-state index >= 15 is 0 Å². The van der Waals surface area contributed by atoms with Crippen LogP contribution in [0.25, 0.3) is 0 Å². The maximum absolute atomic E-state index is 13.4. The number of phenolic OH excluding ortho intramolecular Hbond substituents is 1. The maximum atomic E-state index is 13.4. The van der Waals surface area contributed by atoms with Crippen LogP contribution < -0.4 is 33.2 Å². The summed E-state index contributed by atoms with van der Waals surface area (Å²) in [6.07, 6.45) is 1.67. The summed E-state index contributed by atoms with van der Waals surface area (Å²) in [6, 6.07) is 1.03. The summed E-state index contributed by atoms with van der Waals surface area (Å²) in [4.78, 5) is 65.6. The summed E-state index contributed by atoms with van der Waals surface area (Å²) < 4.78 is 0. The molecule has 0 spiro atoms. The Morgan fingerprint density at radius 3 is 2.02 bits per heavy atom. The number of carboxylic acid groups (broad SMARTS) is 2. The molecular formula is C25H39N7O8S. The summed E-state index contributed by atoms with van der Waals surface area (Å²) in [6.45, 7) is 0.139. The first-order chi connectivity index (χ1) is 19.3. The number of benzene rings is 1. The lowest BCUT2D eigenvalue weighted by molar-refractivity contribution is -0.142. The molecule has 4 unspecified atom stereocenters. The Morgan fingerprint density at radius 2 is 1.46 bits per heavy atom. The molecule has 0 saturated carbocycles. The number of nitrogens with zero attached hydrogens (tertiary/aromatic N) is 1. The number of aliphatic imine (C=N–C) groups is 1. The Balaban J connectivity index is 3.17. The van der Waals surface area contributed by atoms with Gasteiger partial charge >= 0.3 is 11.9 Å². The van der Waals surface area contributed by atoms with Gasteiger partial charge in [-0.25, -0.2) is 4.79 Å². The SMILES string of the molecule is CSCCC(NC(=O)C(Cc1ccc(O)cc1)NC(=O)C(CCCN=C(N)N)NC(=O)C(N)CCC(=O)O)C(=O)O. The van der Waals surface area contributed by atoms with Crippen LogP contribution in [0.2, 0.25) is 0 Å². The predicted octanol–water partition coefficient (Wildman–Crippen LogP) is -1.53. The Kier molecular flexibility index (Phi) is 15.6. The number of hydrogen-bond donors (Lipinski definition) is 9. The first-order valence-corrected chi connectivity index (χ1v) is 14.2. The number of nitrogens with two attached hydrogens (primary N) is 3. The normalized spacial score (nSPS) is 13.6. The summed E-state index contributed by atoms with van der Waals surface area (Å²) in [5, 5.41) is 35.5. The molecule has 1 aromatic carbocycles. The van der Waals surface area contributed by atoms with Crippen LogP contribution >= 0.6 is 11.8 Å². The molecule has 0 bridgehead atoms. The summed E-state index contributed by atoms with van der Waals surface area (Å²) in [7, 11) is 0. The van der Waals surface area contributed by atoms with E-state index < -0.39 is 53.8 Å². The number of thioether (sulfide) groups is 1. The quantitative estimate of drug-likeness (QED) is 0.0499. The zero-order valence-electron chi connectivity index (χ0n) is 22.7. The van der Waals surface area contributed by atoms with Crippen LogP contribution in [0.15, 0.2) is 29.3 Å². The molecule has 0 fully saturated rings. The molecule has 1 aromatic rings. The number of aliphatic carboxylic acids is 2. The van der Waals surface area contributed by atoms with Gasteiger partial charge in [-0.05, 0) is 55.4 Å². The second-order valence-electron chi connectivity index (χ2n) is 9.16. The summed E-state index contributed by atoms with van der Waals surface area (Å²) >= 11 is 1.41. The van der Waals surface area contributed by atoms with Crippen LogP contribution in [0.3, 0.4) is 0 Å². The van der Waals surface area contributed by atoms with E-state index in [1.807, 2.05) is 0 Å². The van der Waals surface area contributed by atoms with Gasteiger partial charge in [-0.1, -0.05) is 12.1 Å². The first-order valence-electron chi connectivity index (χ1n) is 12.8.